The number of hydrogen-bond acceptors (Lipinski definition) is 3. The number of hydrogen-bond donors (Lipinski definition) is 1. The topological polar surface area (TPSA) is 51.3 Å². The van der Waals surface area contributed by atoms with E-state index in [0.717, 1.165) is 24.2 Å². The molecule has 0 spiro atoms. The molecule has 0 radical (unpaired) electrons. The van der Waals surface area contributed by atoms with Crippen LogP contribution in [0.15, 0.2) is 47.4 Å². The SMILES string of the molecule is Cc1ccccc1OCCCCOc1ccc[nH]c1=O. The number of unbranched alkanes of at least 4 members (excludes halogenated alkanes) is 1. The minimum atomic E-state index is -0.191. The smallest absolute Gasteiger partial charge is 0.290 e. The Morgan fingerprint density at radius 3 is 2.30 bits per heavy atom. The fraction of sp³-hybridized carbons (Fsp3) is 0.312. The summed E-state index contributed by atoms with van der Waals surface area (Å²) in [4.78, 5) is 13.9. The Hall–Kier alpha value is -2.23. The lowest BCUT2D eigenvalue weighted by atomic mass is 10.2. The fourth-order valence-corrected chi connectivity index (χ4v) is 1.81. The van der Waals surface area contributed by atoms with Gasteiger partial charge in [0.2, 0.25) is 0 Å². The predicted molar refractivity (Wildman–Crippen MR) is 78.5 cm³/mol. The van der Waals surface area contributed by atoms with Crippen LogP contribution in [0.1, 0.15) is 18.4 Å². The van der Waals surface area contributed by atoms with Crippen LogP contribution in [0.3, 0.4) is 0 Å². The van der Waals surface area contributed by atoms with Gasteiger partial charge in [0.15, 0.2) is 5.75 Å². The van der Waals surface area contributed by atoms with Crippen molar-refractivity contribution in [2.75, 3.05) is 13.2 Å². The highest BCUT2D eigenvalue weighted by Crippen LogP contribution is 2.16. The first kappa shape index (κ1) is 14.2. The minimum absolute atomic E-state index is 0.191. The van der Waals surface area contributed by atoms with E-state index in [0.29, 0.717) is 19.0 Å². The minimum Gasteiger partial charge on any atom is -0.493 e. The molecule has 0 aliphatic carbocycles. The van der Waals surface area contributed by atoms with Crippen molar-refractivity contribution in [2.24, 2.45) is 0 Å². The second kappa shape index (κ2) is 7.38. The quantitative estimate of drug-likeness (QED) is 0.789. The average molecular weight is 273 g/mol. The second-order valence-electron chi connectivity index (χ2n) is 4.53. The maximum absolute atomic E-state index is 11.4. The average Bonchev–Trinajstić information content (AvgIpc) is 2.46. The second-order valence-corrected chi connectivity index (χ2v) is 4.53. The van der Waals surface area contributed by atoms with Crippen LogP contribution in [0.25, 0.3) is 0 Å². The number of pyridine rings is 1. The highest BCUT2D eigenvalue weighted by molar-refractivity contribution is 5.31. The molecule has 1 heterocycles. The lowest BCUT2D eigenvalue weighted by molar-refractivity contribution is 0.264. The van der Waals surface area contributed by atoms with Crippen LogP contribution in [0.5, 0.6) is 11.5 Å². The summed E-state index contributed by atoms with van der Waals surface area (Å²) in [5.74, 6) is 1.29. The Labute approximate surface area is 118 Å². The zero-order valence-electron chi connectivity index (χ0n) is 11.6. The highest BCUT2D eigenvalue weighted by Gasteiger charge is 1.99. The number of aromatic nitrogens is 1. The van der Waals surface area contributed by atoms with Gasteiger partial charge in [-0.3, -0.25) is 4.79 Å². The molecule has 106 valence electrons. The Morgan fingerprint density at radius 1 is 0.950 bits per heavy atom. The van der Waals surface area contributed by atoms with Crippen molar-refractivity contribution in [3.05, 3.63) is 58.5 Å². The van der Waals surface area contributed by atoms with Gasteiger partial charge in [-0.25, -0.2) is 0 Å². The summed E-state index contributed by atoms with van der Waals surface area (Å²) < 4.78 is 11.1. The fourth-order valence-electron chi connectivity index (χ4n) is 1.81. The van der Waals surface area contributed by atoms with Gasteiger partial charge in [-0.05, 0) is 43.5 Å². The van der Waals surface area contributed by atoms with E-state index in [1.54, 1.807) is 18.3 Å². The number of benzene rings is 1. The monoisotopic (exact) mass is 273 g/mol. The summed E-state index contributed by atoms with van der Waals surface area (Å²) >= 11 is 0. The molecule has 0 fully saturated rings. The molecule has 4 nitrogen and oxygen atoms in total. The van der Waals surface area contributed by atoms with Gasteiger partial charge in [-0.1, -0.05) is 18.2 Å². The molecule has 2 rings (SSSR count). The molecule has 0 bridgehead atoms. The number of nitrogens with one attached hydrogen (secondary N) is 1. The third-order valence-electron chi connectivity index (χ3n) is 2.93. The van der Waals surface area contributed by atoms with Crippen molar-refractivity contribution < 1.29 is 9.47 Å². The van der Waals surface area contributed by atoms with Crippen LogP contribution < -0.4 is 15.0 Å². The molecule has 0 saturated heterocycles. The molecule has 0 saturated carbocycles. The van der Waals surface area contributed by atoms with Gasteiger partial charge in [-0.2, -0.15) is 0 Å². The van der Waals surface area contributed by atoms with E-state index in [2.05, 4.69) is 4.98 Å². The van der Waals surface area contributed by atoms with E-state index >= 15 is 0 Å². The standard InChI is InChI=1S/C16H19NO3/c1-13-7-2-3-8-14(13)19-11-4-5-12-20-15-9-6-10-17-16(15)18/h2-3,6-10H,4-5,11-12H2,1H3,(H,17,18). The van der Waals surface area contributed by atoms with Crippen molar-refractivity contribution in [2.45, 2.75) is 19.8 Å². The van der Waals surface area contributed by atoms with E-state index in [-0.39, 0.29) is 5.56 Å². The van der Waals surface area contributed by atoms with Crippen molar-refractivity contribution in [3.8, 4) is 11.5 Å². The molecule has 1 N–H and O–H groups in total. The van der Waals surface area contributed by atoms with Crippen molar-refractivity contribution >= 4 is 0 Å². The van der Waals surface area contributed by atoms with Crippen LogP contribution in [0, 0.1) is 6.92 Å². The first-order valence-corrected chi connectivity index (χ1v) is 6.76. The third-order valence-corrected chi connectivity index (χ3v) is 2.93. The van der Waals surface area contributed by atoms with Crippen molar-refractivity contribution in [3.63, 3.8) is 0 Å². The summed E-state index contributed by atoms with van der Waals surface area (Å²) in [6.07, 6.45) is 3.32. The van der Waals surface area contributed by atoms with Crippen molar-refractivity contribution in [1.82, 2.24) is 4.98 Å². The molecule has 0 unspecified atom stereocenters. The Kier molecular flexibility index (Phi) is 5.24. The molecule has 2 aromatic rings. The normalized spacial score (nSPS) is 10.2. The van der Waals surface area contributed by atoms with Gasteiger partial charge in [0.05, 0.1) is 13.2 Å². The van der Waals surface area contributed by atoms with Crippen LogP contribution in [0.4, 0.5) is 0 Å². The Balaban J connectivity index is 1.64. The Bertz CT molecular complexity index is 592. The lowest BCUT2D eigenvalue weighted by Gasteiger charge is -2.09. The number of aromatic amines is 1. The van der Waals surface area contributed by atoms with Gasteiger partial charge in [0.25, 0.3) is 5.56 Å². The Morgan fingerprint density at radius 2 is 1.60 bits per heavy atom. The maximum Gasteiger partial charge on any atom is 0.290 e. The molecule has 1 aromatic carbocycles. The highest BCUT2D eigenvalue weighted by atomic mass is 16.5. The van der Waals surface area contributed by atoms with Gasteiger partial charge in [0, 0.05) is 6.20 Å². The van der Waals surface area contributed by atoms with Gasteiger partial charge in [0.1, 0.15) is 5.75 Å². The molecule has 0 atom stereocenters. The molecular weight excluding hydrogens is 254 g/mol. The van der Waals surface area contributed by atoms with Crippen molar-refractivity contribution in [1.29, 1.82) is 0 Å². The molecule has 1 aromatic heterocycles. The first-order chi connectivity index (χ1) is 9.77. The summed E-state index contributed by atoms with van der Waals surface area (Å²) in [5.41, 5.74) is 0.947. The number of aryl methyl sites for hydroxylation is 1. The molecule has 4 heteroatoms. The van der Waals surface area contributed by atoms with E-state index < -0.39 is 0 Å². The van der Waals surface area contributed by atoms with Gasteiger partial charge >= 0.3 is 0 Å². The number of H-pyrrole nitrogens is 1. The summed E-state index contributed by atoms with van der Waals surface area (Å²) in [7, 11) is 0. The van der Waals surface area contributed by atoms with Crippen LogP contribution >= 0.6 is 0 Å². The van der Waals surface area contributed by atoms with Crippen LogP contribution in [-0.2, 0) is 0 Å². The van der Waals surface area contributed by atoms with E-state index in [9.17, 15) is 4.79 Å². The van der Waals surface area contributed by atoms with Gasteiger partial charge < -0.3 is 14.5 Å². The summed E-state index contributed by atoms with van der Waals surface area (Å²) in [6, 6.07) is 11.4. The molecular formula is C16H19NO3. The molecule has 20 heavy (non-hydrogen) atoms. The third kappa shape index (κ3) is 4.16. The zero-order valence-corrected chi connectivity index (χ0v) is 11.6. The number of ether oxygens (including phenoxy) is 2. The predicted octanol–water partition coefficient (Wildman–Crippen LogP) is 2.92. The number of rotatable bonds is 7. The number of para-hydroxylation sites is 1. The van der Waals surface area contributed by atoms with Crippen LogP contribution in [-0.4, -0.2) is 18.2 Å². The van der Waals surface area contributed by atoms with Crippen LogP contribution in [0.2, 0.25) is 0 Å². The first-order valence-electron chi connectivity index (χ1n) is 6.76. The molecule has 0 amide bonds. The zero-order chi connectivity index (χ0) is 14.2. The van der Waals surface area contributed by atoms with Gasteiger partial charge in [-0.15, -0.1) is 0 Å². The van der Waals surface area contributed by atoms with E-state index in [4.69, 9.17) is 9.47 Å². The maximum atomic E-state index is 11.4. The molecule has 0 aliphatic heterocycles. The lowest BCUT2D eigenvalue weighted by Crippen LogP contribution is -2.11. The largest absolute Gasteiger partial charge is 0.493 e. The molecule has 0 aliphatic rings. The van der Waals surface area contributed by atoms with E-state index in [1.807, 2.05) is 31.2 Å². The summed E-state index contributed by atoms with van der Waals surface area (Å²) in [5, 5.41) is 0. The summed E-state index contributed by atoms with van der Waals surface area (Å²) in [6.45, 7) is 3.20. The van der Waals surface area contributed by atoms with E-state index in [1.165, 1.54) is 0 Å².